The third-order valence-corrected chi connectivity index (χ3v) is 3.47. The maximum atomic E-state index is 13.1. The van der Waals surface area contributed by atoms with E-state index >= 15 is 0 Å². The molecule has 0 aliphatic heterocycles. The summed E-state index contributed by atoms with van der Waals surface area (Å²) in [6.07, 6.45) is 0. The Balaban J connectivity index is 2.02. The Labute approximate surface area is 124 Å². The van der Waals surface area contributed by atoms with E-state index < -0.39 is 5.91 Å². The number of nitrogens with zero attached hydrogens (tertiary/aromatic N) is 2. The zero-order valence-corrected chi connectivity index (χ0v) is 12.7. The molecule has 0 bridgehead atoms. The summed E-state index contributed by atoms with van der Waals surface area (Å²) in [5.41, 5.74) is 0.651. The molecule has 0 aliphatic rings. The molecule has 0 saturated heterocycles. The maximum absolute atomic E-state index is 13.1. The van der Waals surface area contributed by atoms with E-state index in [-0.39, 0.29) is 24.1 Å². The molecule has 0 saturated carbocycles. The van der Waals surface area contributed by atoms with Crippen LogP contribution in [0.1, 0.15) is 41.8 Å². The van der Waals surface area contributed by atoms with Gasteiger partial charge in [-0.25, -0.2) is 9.37 Å². The number of benzene rings is 1. The highest BCUT2D eigenvalue weighted by Crippen LogP contribution is 2.17. The molecule has 0 radical (unpaired) electrons. The first-order valence-electron chi connectivity index (χ1n) is 6.12. The minimum absolute atomic E-state index is 0.0845. The van der Waals surface area contributed by atoms with Gasteiger partial charge in [0.05, 0.1) is 0 Å². The van der Waals surface area contributed by atoms with Crippen molar-refractivity contribution in [1.82, 2.24) is 20.5 Å². The van der Waals surface area contributed by atoms with Crippen LogP contribution in [0, 0.1) is 5.82 Å². The van der Waals surface area contributed by atoms with Crippen molar-refractivity contribution in [3.63, 3.8) is 0 Å². The van der Waals surface area contributed by atoms with E-state index in [2.05, 4.69) is 36.4 Å². The molecule has 1 aromatic carbocycles. The van der Waals surface area contributed by atoms with Gasteiger partial charge < -0.3 is 5.32 Å². The fourth-order valence-corrected chi connectivity index (χ4v) is 1.95. The molecule has 106 valence electrons. The number of carbonyl (C=O) groups excluding carboxylic acids is 1. The van der Waals surface area contributed by atoms with Gasteiger partial charge in [-0.2, -0.15) is 0 Å². The van der Waals surface area contributed by atoms with E-state index in [0.717, 1.165) is 4.47 Å². The second-order valence-electron chi connectivity index (χ2n) is 4.62. The fourth-order valence-electron chi connectivity index (χ4n) is 1.57. The third kappa shape index (κ3) is 3.41. The summed E-state index contributed by atoms with van der Waals surface area (Å²) in [4.78, 5) is 16.0. The van der Waals surface area contributed by atoms with Crippen LogP contribution < -0.4 is 5.32 Å². The highest BCUT2D eigenvalue weighted by atomic mass is 79.9. The first-order chi connectivity index (χ1) is 9.47. The fraction of sp³-hybridized carbons (Fsp3) is 0.308. The zero-order valence-electron chi connectivity index (χ0n) is 11.1. The quantitative estimate of drug-likeness (QED) is 0.898. The van der Waals surface area contributed by atoms with Gasteiger partial charge in [-0.05, 0) is 23.8 Å². The molecule has 1 amide bonds. The minimum Gasteiger partial charge on any atom is -0.345 e. The molecule has 2 aromatic rings. The molecule has 0 spiro atoms. The van der Waals surface area contributed by atoms with E-state index in [1.807, 2.05) is 13.8 Å². The predicted molar refractivity (Wildman–Crippen MR) is 75.7 cm³/mol. The van der Waals surface area contributed by atoms with Crippen molar-refractivity contribution in [3.05, 3.63) is 45.7 Å². The van der Waals surface area contributed by atoms with Gasteiger partial charge in [0.2, 0.25) is 5.82 Å². The Kier molecular flexibility index (Phi) is 4.49. The highest BCUT2D eigenvalue weighted by molar-refractivity contribution is 9.10. The summed E-state index contributed by atoms with van der Waals surface area (Å²) in [7, 11) is 0. The SMILES string of the molecule is CC(C)c1nc(C(=O)NCc2cc(F)ccc2Br)n[nH]1. The van der Waals surface area contributed by atoms with Gasteiger partial charge in [0.15, 0.2) is 0 Å². The van der Waals surface area contributed by atoms with E-state index in [1.54, 1.807) is 6.07 Å². The average Bonchev–Trinajstić information content (AvgIpc) is 2.89. The maximum Gasteiger partial charge on any atom is 0.291 e. The van der Waals surface area contributed by atoms with Gasteiger partial charge in [0.1, 0.15) is 11.6 Å². The van der Waals surface area contributed by atoms with Gasteiger partial charge in [-0.1, -0.05) is 29.8 Å². The van der Waals surface area contributed by atoms with E-state index in [4.69, 9.17) is 0 Å². The Morgan fingerprint density at radius 1 is 1.50 bits per heavy atom. The number of carbonyl (C=O) groups is 1. The normalized spacial score (nSPS) is 10.8. The van der Waals surface area contributed by atoms with Crippen LogP contribution in [-0.2, 0) is 6.54 Å². The first-order valence-corrected chi connectivity index (χ1v) is 6.91. The molecule has 0 aliphatic carbocycles. The van der Waals surface area contributed by atoms with E-state index in [1.165, 1.54) is 12.1 Å². The van der Waals surface area contributed by atoms with E-state index in [0.29, 0.717) is 11.4 Å². The van der Waals surface area contributed by atoms with E-state index in [9.17, 15) is 9.18 Å². The molecule has 0 atom stereocenters. The lowest BCUT2D eigenvalue weighted by atomic mass is 10.2. The topological polar surface area (TPSA) is 70.7 Å². The van der Waals surface area contributed by atoms with Crippen molar-refractivity contribution in [2.75, 3.05) is 0 Å². The number of H-pyrrole nitrogens is 1. The van der Waals surface area contributed by atoms with Gasteiger partial charge >= 0.3 is 0 Å². The Hall–Kier alpha value is -1.76. The van der Waals surface area contributed by atoms with Crippen LogP contribution in [0.4, 0.5) is 4.39 Å². The lowest BCUT2D eigenvalue weighted by Gasteiger charge is -2.05. The molecule has 0 unspecified atom stereocenters. The van der Waals surface area contributed by atoms with Crippen LogP contribution in [0.5, 0.6) is 0 Å². The van der Waals surface area contributed by atoms with Crippen molar-refractivity contribution in [2.24, 2.45) is 0 Å². The number of aromatic nitrogens is 3. The van der Waals surface area contributed by atoms with Crippen LogP contribution in [0.25, 0.3) is 0 Å². The summed E-state index contributed by atoms with van der Waals surface area (Å²) >= 11 is 3.30. The number of aromatic amines is 1. The van der Waals surface area contributed by atoms with Crippen molar-refractivity contribution in [3.8, 4) is 0 Å². The van der Waals surface area contributed by atoms with Gasteiger partial charge in [0.25, 0.3) is 5.91 Å². The second kappa shape index (κ2) is 6.13. The molecule has 0 fully saturated rings. The number of amides is 1. The van der Waals surface area contributed by atoms with Crippen LogP contribution in [0.15, 0.2) is 22.7 Å². The summed E-state index contributed by atoms with van der Waals surface area (Å²) < 4.78 is 13.9. The molecule has 5 nitrogen and oxygen atoms in total. The first kappa shape index (κ1) is 14.6. The summed E-state index contributed by atoms with van der Waals surface area (Å²) in [6.45, 7) is 4.10. The van der Waals surface area contributed by atoms with Crippen LogP contribution in [0.3, 0.4) is 0 Å². The Bertz CT molecular complexity index is 627. The van der Waals surface area contributed by atoms with Gasteiger partial charge in [-0.3, -0.25) is 9.89 Å². The Morgan fingerprint density at radius 3 is 2.90 bits per heavy atom. The predicted octanol–water partition coefficient (Wildman–Crippen LogP) is 2.76. The van der Waals surface area contributed by atoms with Crippen molar-refractivity contribution in [1.29, 1.82) is 0 Å². The standard InChI is InChI=1S/C13H14BrFN4O/c1-7(2)11-17-12(19-18-11)13(20)16-6-8-5-9(15)3-4-10(8)14/h3-5,7H,6H2,1-2H3,(H,16,20)(H,17,18,19). The zero-order chi connectivity index (χ0) is 14.7. The lowest BCUT2D eigenvalue weighted by molar-refractivity contribution is 0.0940. The van der Waals surface area contributed by atoms with Crippen molar-refractivity contribution < 1.29 is 9.18 Å². The number of hydrogen-bond acceptors (Lipinski definition) is 3. The molecule has 7 heteroatoms. The molecule has 20 heavy (non-hydrogen) atoms. The summed E-state index contributed by atoms with van der Waals surface area (Å²) in [5, 5.41) is 9.22. The largest absolute Gasteiger partial charge is 0.345 e. The highest BCUT2D eigenvalue weighted by Gasteiger charge is 2.14. The van der Waals surface area contributed by atoms with Crippen molar-refractivity contribution in [2.45, 2.75) is 26.3 Å². The van der Waals surface area contributed by atoms with Crippen LogP contribution in [-0.4, -0.2) is 21.1 Å². The lowest BCUT2D eigenvalue weighted by Crippen LogP contribution is -2.24. The molecule has 1 aromatic heterocycles. The molecule has 2 N–H and O–H groups in total. The monoisotopic (exact) mass is 340 g/mol. The van der Waals surface area contributed by atoms with Crippen LogP contribution >= 0.6 is 15.9 Å². The van der Waals surface area contributed by atoms with Gasteiger partial charge in [0, 0.05) is 16.9 Å². The van der Waals surface area contributed by atoms with Gasteiger partial charge in [-0.15, -0.1) is 5.10 Å². The molecular weight excluding hydrogens is 327 g/mol. The number of hydrogen-bond donors (Lipinski definition) is 2. The third-order valence-electron chi connectivity index (χ3n) is 2.70. The molecule has 1 heterocycles. The Morgan fingerprint density at radius 2 is 2.25 bits per heavy atom. The number of rotatable bonds is 4. The molecule has 2 rings (SSSR count). The molecular formula is C13H14BrFN4O. The second-order valence-corrected chi connectivity index (χ2v) is 5.47. The summed E-state index contributed by atoms with van der Waals surface area (Å²) in [6, 6.07) is 4.31. The van der Waals surface area contributed by atoms with Crippen molar-refractivity contribution >= 4 is 21.8 Å². The summed E-state index contributed by atoms with van der Waals surface area (Å²) in [5.74, 6) is 0.159. The minimum atomic E-state index is -0.399. The van der Waals surface area contributed by atoms with Crippen LogP contribution in [0.2, 0.25) is 0 Å². The average molecular weight is 341 g/mol. The number of halogens is 2. The smallest absolute Gasteiger partial charge is 0.291 e. The number of nitrogens with one attached hydrogen (secondary N) is 2.